The molecule has 0 spiro atoms. The summed E-state index contributed by atoms with van der Waals surface area (Å²) in [5.74, 6) is -1.91. The minimum atomic E-state index is -4.58. The summed E-state index contributed by atoms with van der Waals surface area (Å²) in [7, 11) is -4.58. The zero-order valence-corrected chi connectivity index (χ0v) is 15.8. The Morgan fingerprint density at radius 3 is 2.25 bits per heavy atom. The van der Waals surface area contributed by atoms with Crippen molar-refractivity contribution in [3.63, 3.8) is 0 Å². The summed E-state index contributed by atoms with van der Waals surface area (Å²) in [6.07, 6.45) is 2.89. The van der Waals surface area contributed by atoms with E-state index in [1.165, 1.54) is 12.1 Å². The topological polar surface area (TPSA) is 141 Å². The number of hydrogen-bond acceptors (Lipinski definition) is 5. The van der Waals surface area contributed by atoms with Gasteiger partial charge in [-0.3, -0.25) is 14.1 Å². The van der Waals surface area contributed by atoms with Crippen LogP contribution in [0.2, 0.25) is 0 Å². The summed E-state index contributed by atoms with van der Waals surface area (Å²) in [5.41, 5.74) is -0.591. The van der Waals surface area contributed by atoms with E-state index in [0.717, 1.165) is 18.9 Å². The average Bonchev–Trinajstić information content (AvgIpc) is 3.03. The molecule has 0 bridgehead atoms. The van der Waals surface area contributed by atoms with Crippen LogP contribution in [0.25, 0.3) is 10.8 Å². The fraction of sp³-hybridized carbons (Fsp3) is 0.368. The van der Waals surface area contributed by atoms with Crippen LogP contribution in [0.1, 0.15) is 38.5 Å². The monoisotopic (exact) mass is 407 g/mol. The Labute approximate surface area is 161 Å². The van der Waals surface area contributed by atoms with Gasteiger partial charge in [0, 0.05) is 23.3 Å². The molecule has 8 nitrogen and oxygen atoms in total. The van der Waals surface area contributed by atoms with E-state index in [2.05, 4.69) is 5.32 Å². The molecule has 1 amide bonds. The van der Waals surface area contributed by atoms with Crippen LogP contribution in [0, 0.1) is 5.41 Å². The molecule has 4 N–H and O–H groups in total. The predicted octanol–water partition coefficient (Wildman–Crippen LogP) is 3.16. The van der Waals surface area contributed by atoms with Gasteiger partial charge in [0.2, 0.25) is 5.91 Å². The van der Waals surface area contributed by atoms with E-state index in [1.807, 2.05) is 0 Å². The molecule has 3 rings (SSSR count). The van der Waals surface area contributed by atoms with Gasteiger partial charge in [0.1, 0.15) is 10.6 Å². The minimum Gasteiger partial charge on any atom is -0.506 e. The van der Waals surface area contributed by atoms with Gasteiger partial charge in [-0.1, -0.05) is 37.1 Å². The summed E-state index contributed by atoms with van der Waals surface area (Å²) >= 11 is 0. The number of amides is 1. The molecule has 0 radical (unpaired) electrons. The van der Waals surface area contributed by atoms with Crippen LogP contribution < -0.4 is 5.32 Å². The molecular weight excluding hydrogens is 386 g/mol. The molecule has 2 aromatic carbocycles. The van der Waals surface area contributed by atoms with E-state index < -0.39 is 38.1 Å². The van der Waals surface area contributed by atoms with Gasteiger partial charge in [0.15, 0.2) is 0 Å². The van der Waals surface area contributed by atoms with Crippen LogP contribution in [-0.2, 0) is 19.7 Å². The quantitative estimate of drug-likeness (QED) is 0.426. The Morgan fingerprint density at radius 2 is 1.68 bits per heavy atom. The second kappa shape index (κ2) is 7.40. The number of hydrogen-bond donors (Lipinski definition) is 4. The highest BCUT2D eigenvalue weighted by atomic mass is 32.2. The molecule has 1 aliphatic carbocycles. The Morgan fingerprint density at radius 1 is 1.07 bits per heavy atom. The van der Waals surface area contributed by atoms with Crippen molar-refractivity contribution < 1.29 is 32.8 Å². The molecule has 0 aliphatic heterocycles. The van der Waals surface area contributed by atoms with Crippen molar-refractivity contribution in [3.8, 4) is 5.75 Å². The second-order valence-corrected chi connectivity index (χ2v) is 8.68. The third-order valence-corrected chi connectivity index (χ3v) is 6.15. The van der Waals surface area contributed by atoms with Crippen molar-refractivity contribution in [2.75, 3.05) is 5.32 Å². The number of carbonyl (C=O) groups excluding carboxylic acids is 1. The van der Waals surface area contributed by atoms with Crippen LogP contribution in [-0.4, -0.2) is 35.1 Å². The first-order valence-corrected chi connectivity index (χ1v) is 10.3. The van der Waals surface area contributed by atoms with Gasteiger partial charge in [-0.2, -0.15) is 8.42 Å². The highest BCUT2D eigenvalue weighted by Gasteiger charge is 2.38. The first-order chi connectivity index (χ1) is 13.1. The highest BCUT2D eigenvalue weighted by Crippen LogP contribution is 2.45. The first-order valence-electron chi connectivity index (χ1n) is 8.85. The SMILES string of the molecule is O=C(O)CC1(CC(=O)Nc2c(O)cc(S(=O)(=O)O)c3ccccc23)CCCC1. The Balaban J connectivity index is 1.95. The highest BCUT2D eigenvalue weighted by molar-refractivity contribution is 7.86. The minimum absolute atomic E-state index is 0.00683. The molecule has 1 aliphatic rings. The fourth-order valence-corrected chi connectivity index (χ4v) is 4.78. The van der Waals surface area contributed by atoms with Gasteiger partial charge in [0.05, 0.1) is 12.1 Å². The number of phenolic OH excluding ortho intramolecular Hbond substituents is 1. The lowest BCUT2D eigenvalue weighted by atomic mass is 9.79. The molecule has 1 fully saturated rings. The zero-order chi connectivity index (χ0) is 20.5. The number of carbonyl (C=O) groups is 2. The number of carboxylic acid groups (broad SMARTS) is 1. The number of rotatable bonds is 6. The maximum atomic E-state index is 12.7. The number of fused-ring (bicyclic) bond motifs is 1. The van der Waals surface area contributed by atoms with Crippen LogP contribution in [0.5, 0.6) is 5.75 Å². The van der Waals surface area contributed by atoms with Crippen molar-refractivity contribution in [3.05, 3.63) is 30.3 Å². The van der Waals surface area contributed by atoms with Crippen LogP contribution in [0.3, 0.4) is 0 Å². The maximum absolute atomic E-state index is 12.7. The number of aliphatic carboxylic acids is 1. The van der Waals surface area contributed by atoms with Crippen LogP contribution in [0.15, 0.2) is 35.2 Å². The number of phenols is 1. The number of aromatic hydroxyl groups is 1. The molecule has 150 valence electrons. The van der Waals surface area contributed by atoms with E-state index in [9.17, 15) is 32.8 Å². The van der Waals surface area contributed by atoms with Gasteiger partial charge < -0.3 is 15.5 Å². The largest absolute Gasteiger partial charge is 0.506 e. The summed E-state index contributed by atoms with van der Waals surface area (Å²) in [4.78, 5) is 23.4. The van der Waals surface area contributed by atoms with Gasteiger partial charge >= 0.3 is 5.97 Å². The van der Waals surface area contributed by atoms with Gasteiger partial charge in [-0.25, -0.2) is 0 Å². The van der Waals surface area contributed by atoms with Crippen molar-refractivity contribution >= 4 is 38.5 Å². The molecule has 0 aromatic heterocycles. The maximum Gasteiger partial charge on any atom is 0.303 e. The van der Waals surface area contributed by atoms with Crippen molar-refractivity contribution in [1.82, 2.24) is 0 Å². The third-order valence-electron chi connectivity index (χ3n) is 5.25. The molecule has 9 heteroatoms. The van der Waals surface area contributed by atoms with Crippen LogP contribution in [0.4, 0.5) is 5.69 Å². The number of carboxylic acids is 1. The molecule has 0 atom stereocenters. The smallest absolute Gasteiger partial charge is 0.303 e. The lowest BCUT2D eigenvalue weighted by molar-refractivity contribution is -0.140. The fourth-order valence-electron chi connectivity index (χ4n) is 4.06. The van der Waals surface area contributed by atoms with Crippen molar-refractivity contribution in [2.24, 2.45) is 5.41 Å². The summed E-state index contributed by atoms with van der Waals surface area (Å²) in [6.45, 7) is 0. The van der Waals surface area contributed by atoms with Crippen LogP contribution >= 0.6 is 0 Å². The standard InChI is InChI=1S/C19H21NO7S/c21-14-9-15(28(25,26)27)12-5-1-2-6-13(12)18(14)20-16(22)10-19(11-17(23)24)7-3-4-8-19/h1-2,5-6,9,21H,3-4,7-8,10-11H2,(H,20,22)(H,23,24)(H,25,26,27). The van der Waals surface area contributed by atoms with Crippen molar-refractivity contribution in [2.45, 2.75) is 43.4 Å². The van der Waals surface area contributed by atoms with Crippen molar-refractivity contribution in [1.29, 1.82) is 0 Å². The van der Waals surface area contributed by atoms with E-state index in [4.69, 9.17) is 0 Å². The molecular formula is C19H21NO7S. The number of benzene rings is 2. The lowest BCUT2D eigenvalue weighted by Crippen LogP contribution is -2.27. The average molecular weight is 407 g/mol. The molecule has 2 aromatic rings. The van der Waals surface area contributed by atoms with E-state index >= 15 is 0 Å². The molecule has 1 saturated carbocycles. The predicted molar refractivity (Wildman–Crippen MR) is 102 cm³/mol. The third kappa shape index (κ3) is 4.10. The molecule has 0 heterocycles. The summed E-state index contributed by atoms with van der Waals surface area (Å²) in [5, 5.41) is 22.5. The van der Waals surface area contributed by atoms with E-state index in [-0.39, 0.29) is 29.3 Å². The lowest BCUT2D eigenvalue weighted by Gasteiger charge is -2.26. The Kier molecular flexibility index (Phi) is 5.31. The summed E-state index contributed by atoms with van der Waals surface area (Å²) in [6, 6.07) is 7.03. The molecule has 0 saturated heterocycles. The Bertz CT molecular complexity index is 1040. The molecule has 0 unspecified atom stereocenters. The first kappa shape index (κ1) is 20.1. The van der Waals surface area contributed by atoms with Gasteiger partial charge in [0.25, 0.3) is 10.1 Å². The molecule has 28 heavy (non-hydrogen) atoms. The van der Waals surface area contributed by atoms with Gasteiger partial charge in [-0.05, 0) is 18.3 Å². The van der Waals surface area contributed by atoms with Gasteiger partial charge in [-0.15, -0.1) is 0 Å². The number of anilines is 1. The second-order valence-electron chi connectivity index (χ2n) is 7.29. The zero-order valence-electron chi connectivity index (χ0n) is 15.0. The Hall–Kier alpha value is -2.65. The van der Waals surface area contributed by atoms with E-state index in [0.29, 0.717) is 12.8 Å². The number of nitrogens with one attached hydrogen (secondary N) is 1. The summed E-state index contributed by atoms with van der Waals surface area (Å²) < 4.78 is 32.6. The van der Waals surface area contributed by atoms with E-state index in [1.54, 1.807) is 12.1 Å². The normalized spacial score (nSPS) is 16.2.